The lowest BCUT2D eigenvalue weighted by Gasteiger charge is -2.34. The zero-order valence-electron chi connectivity index (χ0n) is 16.9. The molecule has 1 aromatic heterocycles. The standard InChI is InChI=1S/C22H30N4O2/c1-18(2)22-23-20(28-24-22)11-6-12-21(27)26-16-14-25(15-17-26)13-7-10-19-8-4-3-5-9-19/h3-5,7-10,18H,6,11-17H2,1-2H3/b10-7+. The van der Waals surface area contributed by atoms with Crippen LogP contribution in [0.15, 0.2) is 40.9 Å². The topological polar surface area (TPSA) is 62.5 Å². The number of rotatable bonds is 8. The minimum atomic E-state index is 0.225. The summed E-state index contributed by atoms with van der Waals surface area (Å²) in [5.41, 5.74) is 1.22. The molecule has 28 heavy (non-hydrogen) atoms. The van der Waals surface area contributed by atoms with E-state index >= 15 is 0 Å². The molecule has 1 aromatic carbocycles. The van der Waals surface area contributed by atoms with Gasteiger partial charge in [0.1, 0.15) is 0 Å². The Labute approximate surface area is 167 Å². The molecule has 0 spiro atoms. The van der Waals surface area contributed by atoms with Gasteiger partial charge in [0.25, 0.3) is 0 Å². The van der Waals surface area contributed by atoms with Crippen molar-refractivity contribution in [3.63, 3.8) is 0 Å². The van der Waals surface area contributed by atoms with Gasteiger partial charge in [-0.05, 0) is 12.0 Å². The fourth-order valence-electron chi connectivity index (χ4n) is 3.23. The van der Waals surface area contributed by atoms with Crippen LogP contribution in [0.3, 0.4) is 0 Å². The Morgan fingerprint density at radius 2 is 1.93 bits per heavy atom. The monoisotopic (exact) mass is 382 g/mol. The number of piperazine rings is 1. The summed E-state index contributed by atoms with van der Waals surface area (Å²) in [4.78, 5) is 21.2. The summed E-state index contributed by atoms with van der Waals surface area (Å²) in [5, 5.41) is 3.96. The minimum Gasteiger partial charge on any atom is -0.340 e. The van der Waals surface area contributed by atoms with Gasteiger partial charge >= 0.3 is 0 Å². The second-order valence-corrected chi connectivity index (χ2v) is 7.55. The average Bonchev–Trinajstić information content (AvgIpc) is 3.19. The van der Waals surface area contributed by atoms with Crippen molar-refractivity contribution in [1.82, 2.24) is 19.9 Å². The molecule has 0 atom stereocenters. The van der Waals surface area contributed by atoms with Gasteiger partial charge < -0.3 is 9.42 Å². The van der Waals surface area contributed by atoms with Gasteiger partial charge in [0.05, 0.1) is 0 Å². The normalized spacial score (nSPS) is 15.6. The highest BCUT2D eigenvalue weighted by atomic mass is 16.5. The maximum absolute atomic E-state index is 12.4. The smallest absolute Gasteiger partial charge is 0.226 e. The molecule has 0 unspecified atom stereocenters. The molecule has 2 aromatic rings. The Morgan fingerprint density at radius 1 is 1.18 bits per heavy atom. The van der Waals surface area contributed by atoms with Gasteiger partial charge in [0, 0.05) is 51.5 Å². The SMILES string of the molecule is CC(C)c1noc(CCCC(=O)N2CCN(C/C=C/c3ccccc3)CC2)n1. The molecule has 0 aliphatic carbocycles. The van der Waals surface area contributed by atoms with Crippen LogP contribution in [0.1, 0.15) is 49.9 Å². The highest BCUT2D eigenvalue weighted by molar-refractivity contribution is 5.76. The maximum atomic E-state index is 12.4. The lowest BCUT2D eigenvalue weighted by atomic mass is 10.2. The van der Waals surface area contributed by atoms with E-state index in [9.17, 15) is 4.79 Å². The number of aromatic nitrogens is 2. The predicted octanol–water partition coefficient (Wildman–Crippen LogP) is 3.37. The lowest BCUT2D eigenvalue weighted by molar-refractivity contribution is -0.132. The summed E-state index contributed by atoms with van der Waals surface area (Å²) in [5.74, 6) is 1.85. The molecule has 6 heteroatoms. The van der Waals surface area contributed by atoms with Crippen molar-refractivity contribution in [1.29, 1.82) is 0 Å². The van der Waals surface area contributed by atoms with Crippen LogP contribution in [-0.2, 0) is 11.2 Å². The quantitative estimate of drug-likeness (QED) is 0.700. The molecular formula is C22H30N4O2. The summed E-state index contributed by atoms with van der Waals surface area (Å²) in [6, 6.07) is 10.3. The van der Waals surface area contributed by atoms with Crippen molar-refractivity contribution in [2.45, 2.75) is 39.0 Å². The zero-order valence-corrected chi connectivity index (χ0v) is 16.9. The van der Waals surface area contributed by atoms with Crippen molar-refractivity contribution in [3.05, 3.63) is 53.7 Å². The summed E-state index contributed by atoms with van der Waals surface area (Å²) in [6.07, 6.45) is 6.30. The van der Waals surface area contributed by atoms with E-state index in [4.69, 9.17) is 4.52 Å². The van der Waals surface area contributed by atoms with Gasteiger partial charge in [-0.1, -0.05) is 61.5 Å². The van der Waals surface area contributed by atoms with Crippen LogP contribution >= 0.6 is 0 Å². The van der Waals surface area contributed by atoms with Crippen LogP contribution in [0.2, 0.25) is 0 Å². The van der Waals surface area contributed by atoms with Crippen molar-refractivity contribution in [2.24, 2.45) is 0 Å². The van der Waals surface area contributed by atoms with E-state index in [2.05, 4.69) is 39.3 Å². The highest BCUT2D eigenvalue weighted by Crippen LogP contribution is 2.12. The Hall–Kier alpha value is -2.47. The van der Waals surface area contributed by atoms with Crippen LogP contribution in [-0.4, -0.2) is 58.6 Å². The number of amides is 1. The van der Waals surface area contributed by atoms with Gasteiger partial charge in [-0.3, -0.25) is 9.69 Å². The lowest BCUT2D eigenvalue weighted by Crippen LogP contribution is -2.48. The second kappa shape index (κ2) is 10.2. The van der Waals surface area contributed by atoms with Crippen molar-refractivity contribution >= 4 is 12.0 Å². The van der Waals surface area contributed by atoms with Crippen molar-refractivity contribution in [3.8, 4) is 0 Å². The highest BCUT2D eigenvalue weighted by Gasteiger charge is 2.20. The molecule has 1 aliphatic rings. The molecular weight excluding hydrogens is 352 g/mol. The molecule has 0 N–H and O–H groups in total. The fraction of sp³-hybridized carbons (Fsp3) is 0.500. The van der Waals surface area contributed by atoms with Crippen molar-refractivity contribution < 1.29 is 9.32 Å². The molecule has 3 rings (SSSR count). The molecule has 0 bridgehead atoms. The first-order chi connectivity index (χ1) is 13.6. The predicted molar refractivity (Wildman–Crippen MR) is 110 cm³/mol. The fourth-order valence-corrected chi connectivity index (χ4v) is 3.23. The first-order valence-electron chi connectivity index (χ1n) is 10.2. The third-order valence-electron chi connectivity index (χ3n) is 4.98. The molecule has 6 nitrogen and oxygen atoms in total. The van der Waals surface area contributed by atoms with Gasteiger partial charge in [-0.15, -0.1) is 0 Å². The maximum Gasteiger partial charge on any atom is 0.226 e. The third-order valence-corrected chi connectivity index (χ3v) is 4.98. The molecule has 1 fully saturated rings. The number of aryl methyl sites for hydroxylation is 1. The van der Waals surface area contributed by atoms with Gasteiger partial charge in [0.15, 0.2) is 5.82 Å². The van der Waals surface area contributed by atoms with E-state index in [0.29, 0.717) is 18.7 Å². The van der Waals surface area contributed by atoms with Crippen LogP contribution < -0.4 is 0 Å². The Balaban J connectivity index is 1.33. The number of hydrogen-bond donors (Lipinski definition) is 0. The number of carbonyl (C=O) groups is 1. The molecule has 1 amide bonds. The van der Waals surface area contributed by atoms with Gasteiger partial charge in [-0.2, -0.15) is 4.98 Å². The van der Waals surface area contributed by atoms with Gasteiger partial charge in [0.2, 0.25) is 11.8 Å². The van der Waals surface area contributed by atoms with E-state index in [-0.39, 0.29) is 11.8 Å². The summed E-state index contributed by atoms with van der Waals surface area (Å²) in [6.45, 7) is 8.45. The number of hydrogen-bond acceptors (Lipinski definition) is 5. The summed E-state index contributed by atoms with van der Waals surface area (Å²) in [7, 11) is 0. The van der Waals surface area contributed by atoms with Crippen molar-refractivity contribution in [2.75, 3.05) is 32.7 Å². The number of benzene rings is 1. The molecule has 1 saturated heterocycles. The van der Waals surface area contributed by atoms with Crippen LogP contribution in [0, 0.1) is 0 Å². The largest absolute Gasteiger partial charge is 0.340 e. The number of nitrogens with zero attached hydrogens (tertiary/aromatic N) is 4. The first kappa shape index (κ1) is 20.3. The molecule has 0 radical (unpaired) electrons. The Morgan fingerprint density at radius 3 is 2.61 bits per heavy atom. The Bertz CT molecular complexity index is 762. The van der Waals surface area contributed by atoms with E-state index in [0.717, 1.165) is 45.0 Å². The van der Waals surface area contributed by atoms with Crippen LogP contribution in [0.4, 0.5) is 0 Å². The molecule has 1 aliphatic heterocycles. The van der Waals surface area contributed by atoms with Crippen LogP contribution in [0.5, 0.6) is 0 Å². The third kappa shape index (κ3) is 6.02. The molecule has 2 heterocycles. The zero-order chi connectivity index (χ0) is 19.8. The second-order valence-electron chi connectivity index (χ2n) is 7.55. The van der Waals surface area contributed by atoms with Crippen LogP contribution in [0.25, 0.3) is 6.08 Å². The minimum absolute atomic E-state index is 0.225. The summed E-state index contributed by atoms with van der Waals surface area (Å²) >= 11 is 0. The molecule has 150 valence electrons. The first-order valence-corrected chi connectivity index (χ1v) is 10.2. The summed E-state index contributed by atoms with van der Waals surface area (Å²) < 4.78 is 5.24. The van der Waals surface area contributed by atoms with E-state index in [1.165, 1.54) is 5.56 Å². The Kier molecular flexibility index (Phi) is 7.37. The van der Waals surface area contributed by atoms with Gasteiger partial charge in [-0.25, -0.2) is 0 Å². The number of carbonyl (C=O) groups excluding carboxylic acids is 1. The van der Waals surface area contributed by atoms with E-state index in [1.54, 1.807) is 0 Å². The van der Waals surface area contributed by atoms with E-state index < -0.39 is 0 Å². The average molecular weight is 383 g/mol. The molecule has 0 saturated carbocycles. The van der Waals surface area contributed by atoms with E-state index in [1.807, 2.05) is 36.9 Å².